The first kappa shape index (κ1) is 30.3. The van der Waals surface area contributed by atoms with Gasteiger partial charge >= 0.3 is 0 Å². The average Bonchev–Trinajstić information content (AvgIpc) is 3.42. The number of para-hydroxylation sites is 1. The number of nitrogens with one attached hydrogen (secondary N) is 3. The molecule has 1 aliphatic heterocycles. The molecule has 1 saturated heterocycles. The average molecular weight is 680 g/mol. The van der Waals surface area contributed by atoms with Gasteiger partial charge in [0, 0.05) is 43.6 Å². The monoisotopic (exact) mass is 679 g/mol. The van der Waals surface area contributed by atoms with E-state index in [1.54, 1.807) is 30.5 Å². The summed E-state index contributed by atoms with van der Waals surface area (Å²) in [4.78, 5) is 13.9. The van der Waals surface area contributed by atoms with Crippen LogP contribution in [0.1, 0.15) is 27.2 Å². The van der Waals surface area contributed by atoms with E-state index in [0.717, 1.165) is 40.2 Å². The summed E-state index contributed by atoms with van der Waals surface area (Å²) in [7, 11) is 0.540. The van der Waals surface area contributed by atoms with Crippen molar-refractivity contribution < 1.29 is 13.2 Å². The number of hydrogen-bond acceptors (Lipinski definition) is 9. The van der Waals surface area contributed by atoms with Crippen LogP contribution in [0.25, 0.3) is 0 Å². The minimum absolute atomic E-state index is 0.159. The van der Waals surface area contributed by atoms with E-state index in [4.69, 9.17) is 4.74 Å². The number of halogens is 1. The fourth-order valence-electron chi connectivity index (χ4n) is 4.41. The summed E-state index contributed by atoms with van der Waals surface area (Å²) < 4.78 is 35.4. The molecule has 0 radical (unpaired) electrons. The van der Waals surface area contributed by atoms with Crippen LogP contribution in [-0.2, 0) is 10.0 Å². The van der Waals surface area contributed by atoms with Crippen molar-refractivity contribution >= 4 is 61.4 Å². The standard InChI is InChI=1S/C28H38IN7O3S/c1-6-39-25-15-20(36-14-13-21(18-36)35(4)5)11-12-23(25)33-28-30-17-22(29)27(34-28)32-24-9-7-8-10-26(24)40(37,38)31-16-19(2)3/h7-12,15,17,19,21,31H,6,13-14,16,18H2,1-5H3,(H2,30,32,33,34)/t21-/m0/s1. The topological polar surface area (TPSA) is 112 Å². The van der Waals surface area contributed by atoms with E-state index in [0.29, 0.717) is 36.6 Å². The fraction of sp³-hybridized carbons (Fsp3) is 0.429. The number of ether oxygens (including phenoxy) is 1. The summed E-state index contributed by atoms with van der Waals surface area (Å²) in [6.07, 6.45) is 2.81. The van der Waals surface area contributed by atoms with Crippen LogP contribution in [0.3, 0.4) is 0 Å². The molecule has 1 aromatic heterocycles. The highest BCUT2D eigenvalue weighted by molar-refractivity contribution is 14.1. The molecule has 2 aromatic carbocycles. The van der Waals surface area contributed by atoms with E-state index in [9.17, 15) is 8.42 Å². The number of nitrogens with zero attached hydrogens (tertiary/aromatic N) is 4. The number of sulfonamides is 1. The molecule has 0 bridgehead atoms. The van der Waals surface area contributed by atoms with Crippen molar-refractivity contribution in [1.82, 2.24) is 19.6 Å². The van der Waals surface area contributed by atoms with Crippen molar-refractivity contribution in [1.29, 1.82) is 0 Å². The molecule has 2 heterocycles. The smallest absolute Gasteiger partial charge is 0.242 e. The van der Waals surface area contributed by atoms with Gasteiger partial charge in [-0.05, 0) is 80.2 Å². The molecule has 1 atom stereocenters. The maximum atomic E-state index is 13.0. The first-order chi connectivity index (χ1) is 19.1. The molecule has 0 saturated carbocycles. The van der Waals surface area contributed by atoms with Crippen LogP contribution >= 0.6 is 22.6 Å². The Morgan fingerprint density at radius 1 is 1.15 bits per heavy atom. The maximum Gasteiger partial charge on any atom is 0.242 e. The van der Waals surface area contributed by atoms with Crippen LogP contribution in [-0.4, -0.2) is 69.7 Å². The van der Waals surface area contributed by atoms with Crippen LogP contribution in [0, 0.1) is 9.49 Å². The van der Waals surface area contributed by atoms with E-state index in [-0.39, 0.29) is 10.8 Å². The Kier molecular flexibility index (Phi) is 10.1. The lowest BCUT2D eigenvalue weighted by Gasteiger charge is -2.23. The Balaban J connectivity index is 1.56. The molecule has 3 aromatic rings. The van der Waals surface area contributed by atoms with Crippen LogP contribution in [0.15, 0.2) is 53.6 Å². The van der Waals surface area contributed by atoms with Crippen molar-refractivity contribution in [3.63, 3.8) is 0 Å². The summed E-state index contributed by atoms with van der Waals surface area (Å²) in [5.74, 6) is 1.76. The maximum absolute atomic E-state index is 13.0. The molecule has 1 fully saturated rings. The minimum atomic E-state index is -3.71. The summed E-state index contributed by atoms with van der Waals surface area (Å²) in [5.41, 5.74) is 2.30. The van der Waals surface area contributed by atoms with Gasteiger partial charge in [-0.25, -0.2) is 18.1 Å². The summed E-state index contributed by atoms with van der Waals surface area (Å²) >= 11 is 2.13. The van der Waals surface area contributed by atoms with Crippen LogP contribution in [0.2, 0.25) is 0 Å². The third kappa shape index (κ3) is 7.53. The van der Waals surface area contributed by atoms with Gasteiger partial charge in [-0.1, -0.05) is 26.0 Å². The van der Waals surface area contributed by atoms with Gasteiger partial charge in [0.2, 0.25) is 16.0 Å². The number of anilines is 5. The third-order valence-electron chi connectivity index (χ3n) is 6.63. The van der Waals surface area contributed by atoms with Gasteiger partial charge in [0.1, 0.15) is 16.5 Å². The normalized spacial score (nSPS) is 15.6. The van der Waals surface area contributed by atoms with Crippen LogP contribution in [0.5, 0.6) is 5.75 Å². The second kappa shape index (κ2) is 13.3. The van der Waals surface area contributed by atoms with E-state index in [2.05, 4.69) is 83.9 Å². The first-order valence-corrected chi connectivity index (χ1v) is 16.0. The Bertz CT molecular complexity index is 1420. The number of likely N-dealkylation sites (N-methyl/N-ethyl adjacent to an activating group) is 1. The third-order valence-corrected chi connectivity index (χ3v) is 8.90. The van der Waals surface area contributed by atoms with Crippen molar-refractivity contribution in [3.8, 4) is 5.75 Å². The second-order valence-electron chi connectivity index (χ2n) is 10.3. The number of rotatable bonds is 12. The largest absolute Gasteiger partial charge is 0.492 e. The van der Waals surface area contributed by atoms with Crippen molar-refractivity contribution in [2.45, 2.75) is 38.1 Å². The number of benzene rings is 2. The van der Waals surface area contributed by atoms with E-state index in [1.807, 2.05) is 26.8 Å². The van der Waals surface area contributed by atoms with Crippen molar-refractivity contribution in [2.75, 3.05) is 55.9 Å². The lowest BCUT2D eigenvalue weighted by Crippen LogP contribution is -2.31. The molecule has 10 nitrogen and oxygen atoms in total. The van der Waals surface area contributed by atoms with E-state index >= 15 is 0 Å². The molecule has 216 valence electrons. The quantitative estimate of drug-likeness (QED) is 0.227. The van der Waals surface area contributed by atoms with Gasteiger partial charge in [-0.3, -0.25) is 0 Å². The Hall–Kier alpha value is -2.68. The first-order valence-electron chi connectivity index (χ1n) is 13.4. The molecular weight excluding hydrogens is 641 g/mol. The van der Waals surface area contributed by atoms with E-state index < -0.39 is 10.0 Å². The van der Waals surface area contributed by atoms with Gasteiger partial charge in [-0.2, -0.15) is 4.98 Å². The predicted molar refractivity (Wildman–Crippen MR) is 170 cm³/mol. The van der Waals surface area contributed by atoms with Gasteiger partial charge in [0.05, 0.1) is 21.6 Å². The number of hydrogen-bond donors (Lipinski definition) is 3. The fourth-order valence-corrected chi connectivity index (χ4v) is 6.17. The lowest BCUT2D eigenvalue weighted by molar-refractivity contribution is 0.315. The summed E-state index contributed by atoms with van der Waals surface area (Å²) in [5, 5.41) is 6.49. The molecule has 3 N–H and O–H groups in total. The van der Waals surface area contributed by atoms with Gasteiger partial charge in [0.15, 0.2) is 0 Å². The molecule has 12 heteroatoms. The van der Waals surface area contributed by atoms with Crippen molar-refractivity contribution in [2.24, 2.45) is 5.92 Å². The zero-order valence-electron chi connectivity index (χ0n) is 23.6. The second-order valence-corrected chi connectivity index (χ2v) is 13.2. The Morgan fingerprint density at radius 3 is 2.62 bits per heavy atom. The summed E-state index contributed by atoms with van der Waals surface area (Å²) in [6.45, 7) is 8.73. The highest BCUT2D eigenvalue weighted by Crippen LogP contribution is 2.34. The molecule has 0 spiro atoms. The molecule has 0 amide bonds. The van der Waals surface area contributed by atoms with Gasteiger partial charge in [0.25, 0.3) is 0 Å². The number of aromatic nitrogens is 2. The minimum Gasteiger partial charge on any atom is -0.492 e. The summed E-state index contributed by atoms with van der Waals surface area (Å²) in [6, 6.07) is 13.4. The SMILES string of the molecule is CCOc1cc(N2CC[C@H](N(C)C)C2)ccc1Nc1ncc(I)c(Nc2ccccc2S(=O)(=O)NCC(C)C)n1. The van der Waals surface area contributed by atoms with Crippen molar-refractivity contribution in [3.05, 3.63) is 52.2 Å². The zero-order valence-corrected chi connectivity index (χ0v) is 26.6. The van der Waals surface area contributed by atoms with Crippen LogP contribution < -0.4 is 25.0 Å². The highest BCUT2D eigenvalue weighted by Gasteiger charge is 2.25. The Labute approximate surface area is 251 Å². The van der Waals surface area contributed by atoms with E-state index in [1.165, 1.54) is 0 Å². The molecule has 0 aliphatic carbocycles. The molecule has 40 heavy (non-hydrogen) atoms. The highest BCUT2D eigenvalue weighted by atomic mass is 127. The molecular formula is C28H38IN7O3S. The van der Waals surface area contributed by atoms with Gasteiger partial charge in [-0.15, -0.1) is 0 Å². The molecule has 4 rings (SSSR count). The molecule has 0 unspecified atom stereocenters. The van der Waals surface area contributed by atoms with Gasteiger partial charge < -0.3 is 25.2 Å². The zero-order chi connectivity index (χ0) is 28.9. The Morgan fingerprint density at radius 2 is 1.93 bits per heavy atom. The molecule has 1 aliphatic rings. The predicted octanol–water partition coefficient (Wildman–Crippen LogP) is 5.04. The lowest BCUT2D eigenvalue weighted by atomic mass is 10.2. The van der Waals surface area contributed by atoms with Crippen LogP contribution in [0.4, 0.5) is 28.8 Å².